The van der Waals surface area contributed by atoms with Gasteiger partial charge in [-0.05, 0) is 13.3 Å². The van der Waals surface area contributed by atoms with Gasteiger partial charge in [0.15, 0.2) is 11.5 Å². The third-order valence-electron chi connectivity index (χ3n) is 2.94. The Bertz CT molecular complexity index is 276. The molecular formula is C9H11FO3. The number of carbonyl (C=O) groups excluding carboxylic acids is 2. The lowest BCUT2D eigenvalue weighted by atomic mass is 10.1. The third-order valence-corrected chi connectivity index (χ3v) is 2.94. The van der Waals surface area contributed by atoms with E-state index in [1.165, 1.54) is 0 Å². The second-order valence-electron chi connectivity index (χ2n) is 3.57. The normalized spacial score (nSPS) is 41.5. The van der Waals surface area contributed by atoms with Gasteiger partial charge in [0.05, 0.1) is 6.61 Å². The molecule has 2 rings (SSSR count). The fourth-order valence-electron chi connectivity index (χ4n) is 2.23. The van der Waals surface area contributed by atoms with Gasteiger partial charge in [-0.2, -0.15) is 0 Å². The first-order chi connectivity index (χ1) is 6.12. The van der Waals surface area contributed by atoms with Crippen molar-refractivity contribution in [2.24, 2.45) is 11.8 Å². The quantitative estimate of drug-likeness (QED) is 0.601. The smallest absolute Gasteiger partial charge is 0.313 e. The maximum atomic E-state index is 13.7. The Morgan fingerprint density at radius 2 is 2.46 bits per heavy atom. The van der Waals surface area contributed by atoms with Gasteiger partial charge in [0.2, 0.25) is 0 Å². The zero-order valence-electron chi connectivity index (χ0n) is 7.38. The fourth-order valence-corrected chi connectivity index (χ4v) is 2.23. The van der Waals surface area contributed by atoms with Crippen LogP contribution in [-0.4, -0.2) is 24.0 Å². The number of Topliss-reactive ketones (excluding diaryl/α,β-unsaturated/α-hetero) is 1. The van der Waals surface area contributed by atoms with Crippen LogP contribution in [0, 0.1) is 11.8 Å². The Hall–Kier alpha value is -0.930. The molecule has 2 aliphatic rings. The second kappa shape index (κ2) is 2.53. The van der Waals surface area contributed by atoms with Crippen molar-refractivity contribution >= 4 is 11.8 Å². The number of esters is 1. The van der Waals surface area contributed by atoms with E-state index in [-0.39, 0.29) is 18.9 Å². The fraction of sp³-hybridized carbons (Fsp3) is 0.778. The summed E-state index contributed by atoms with van der Waals surface area (Å²) in [6, 6.07) is 0. The summed E-state index contributed by atoms with van der Waals surface area (Å²) in [6.45, 7) is 1.91. The monoisotopic (exact) mass is 186 g/mol. The van der Waals surface area contributed by atoms with Crippen molar-refractivity contribution in [2.75, 3.05) is 6.61 Å². The number of fused-ring (bicyclic) bond motifs is 1. The predicted octanol–water partition coefficient (Wildman–Crippen LogP) is 0.867. The highest BCUT2D eigenvalue weighted by atomic mass is 19.1. The molecule has 3 unspecified atom stereocenters. The minimum Gasteiger partial charge on any atom is -0.466 e. The van der Waals surface area contributed by atoms with Gasteiger partial charge in [0.25, 0.3) is 0 Å². The van der Waals surface area contributed by atoms with Crippen molar-refractivity contribution in [3.05, 3.63) is 0 Å². The number of rotatable bonds is 2. The molecule has 0 heterocycles. The first kappa shape index (κ1) is 8.66. The van der Waals surface area contributed by atoms with Gasteiger partial charge in [-0.1, -0.05) is 0 Å². The third kappa shape index (κ3) is 0.943. The average molecular weight is 186 g/mol. The summed E-state index contributed by atoms with van der Waals surface area (Å²) in [7, 11) is 0. The van der Waals surface area contributed by atoms with Crippen molar-refractivity contribution in [2.45, 2.75) is 25.4 Å². The van der Waals surface area contributed by atoms with E-state index >= 15 is 0 Å². The molecule has 0 spiro atoms. The summed E-state index contributed by atoms with van der Waals surface area (Å²) in [4.78, 5) is 22.2. The Balaban J connectivity index is 2.08. The van der Waals surface area contributed by atoms with Gasteiger partial charge in [0.1, 0.15) is 5.92 Å². The van der Waals surface area contributed by atoms with Gasteiger partial charge >= 0.3 is 5.97 Å². The molecule has 3 atom stereocenters. The van der Waals surface area contributed by atoms with Gasteiger partial charge in [-0.3, -0.25) is 9.59 Å². The van der Waals surface area contributed by atoms with Crippen molar-refractivity contribution in [3.8, 4) is 0 Å². The van der Waals surface area contributed by atoms with E-state index in [1.54, 1.807) is 6.92 Å². The zero-order valence-corrected chi connectivity index (χ0v) is 7.38. The summed E-state index contributed by atoms with van der Waals surface area (Å²) < 4.78 is 18.4. The van der Waals surface area contributed by atoms with Gasteiger partial charge in [-0.25, -0.2) is 4.39 Å². The molecule has 2 aliphatic carbocycles. The Kier molecular flexibility index (Phi) is 1.68. The van der Waals surface area contributed by atoms with Crippen LogP contribution in [0.3, 0.4) is 0 Å². The maximum absolute atomic E-state index is 13.7. The van der Waals surface area contributed by atoms with Crippen LogP contribution in [0.25, 0.3) is 0 Å². The van der Waals surface area contributed by atoms with E-state index < -0.39 is 23.3 Å². The van der Waals surface area contributed by atoms with Crippen LogP contribution in [0.15, 0.2) is 0 Å². The van der Waals surface area contributed by atoms with E-state index in [1.807, 2.05) is 0 Å². The summed E-state index contributed by atoms with van der Waals surface area (Å²) >= 11 is 0. The Morgan fingerprint density at radius 3 is 2.92 bits per heavy atom. The molecule has 0 aromatic carbocycles. The van der Waals surface area contributed by atoms with Crippen molar-refractivity contribution in [1.29, 1.82) is 0 Å². The highest BCUT2D eigenvalue weighted by molar-refractivity contribution is 6.01. The number of hydrogen-bond donors (Lipinski definition) is 0. The molecule has 0 radical (unpaired) electrons. The van der Waals surface area contributed by atoms with Crippen LogP contribution >= 0.6 is 0 Å². The maximum Gasteiger partial charge on any atom is 0.313 e. The summed E-state index contributed by atoms with van der Waals surface area (Å²) in [5.41, 5.74) is -1.85. The predicted molar refractivity (Wildman–Crippen MR) is 41.7 cm³/mol. The molecule has 0 N–H and O–H groups in total. The number of halogens is 1. The molecule has 0 aromatic rings. The molecule has 13 heavy (non-hydrogen) atoms. The highest BCUT2D eigenvalue weighted by Gasteiger charge is 2.77. The number of ether oxygens (including phenoxy) is 1. The van der Waals surface area contributed by atoms with E-state index in [4.69, 9.17) is 0 Å². The Morgan fingerprint density at radius 1 is 1.77 bits per heavy atom. The standard InChI is InChI=1S/C9H11FO3/c1-2-13-8(12)7-5-3-4-6(11)9(5,7)10/h5,7H,2-4H2,1H3. The number of alkyl halides is 1. The molecule has 0 aromatic heterocycles. The molecule has 3 nitrogen and oxygen atoms in total. The highest BCUT2D eigenvalue weighted by Crippen LogP contribution is 2.62. The van der Waals surface area contributed by atoms with E-state index in [9.17, 15) is 14.0 Å². The van der Waals surface area contributed by atoms with Crippen molar-refractivity contribution in [1.82, 2.24) is 0 Å². The Labute approximate surface area is 75.2 Å². The first-order valence-electron chi connectivity index (χ1n) is 4.51. The topological polar surface area (TPSA) is 43.4 Å². The summed E-state index contributed by atoms with van der Waals surface area (Å²) in [5.74, 6) is -2.16. The number of carbonyl (C=O) groups is 2. The van der Waals surface area contributed by atoms with Gasteiger partial charge < -0.3 is 4.74 Å². The average Bonchev–Trinajstić information content (AvgIpc) is 2.59. The zero-order chi connectivity index (χ0) is 9.64. The molecule has 72 valence electrons. The van der Waals surface area contributed by atoms with Crippen LogP contribution in [-0.2, 0) is 14.3 Å². The second-order valence-corrected chi connectivity index (χ2v) is 3.57. The van der Waals surface area contributed by atoms with Crippen LogP contribution < -0.4 is 0 Å². The number of hydrogen-bond acceptors (Lipinski definition) is 3. The lowest BCUT2D eigenvalue weighted by Gasteiger charge is -2.04. The van der Waals surface area contributed by atoms with Gasteiger partial charge in [0, 0.05) is 12.3 Å². The minimum atomic E-state index is -1.85. The lowest BCUT2D eigenvalue weighted by Crippen LogP contribution is -2.22. The molecular weight excluding hydrogens is 175 g/mol. The van der Waals surface area contributed by atoms with E-state index in [2.05, 4.69) is 4.74 Å². The van der Waals surface area contributed by atoms with E-state index in [0.717, 1.165) is 0 Å². The SMILES string of the molecule is CCOC(=O)C1C2CCC(=O)C21F. The number of ketones is 1. The molecule has 0 aliphatic heterocycles. The lowest BCUT2D eigenvalue weighted by molar-refractivity contribution is -0.147. The largest absolute Gasteiger partial charge is 0.466 e. The molecule has 0 amide bonds. The molecule has 2 saturated carbocycles. The molecule has 0 saturated heterocycles. The molecule has 2 fully saturated rings. The molecule has 4 heteroatoms. The van der Waals surface area contributed by atoms with Crippen LogP contribution in [0.2, 0.25) is 0 Å². The summed E-state index contributed by atoms with van der Waals surface area (Å²) in [5, 5.41) is 0. The first-order valence-corrected chi connectivity index (χ1v) is 4.51. The van der Waals surface area contributed by atoms with Crippen molar-refractivity contribution in [3.63, 3.8) is 0 Å². The van der Waals surface area contributed by atoms with Crippen molar-refractivity contribution < 1.29 is 18.7 Å². The van der Waals surface area contributed by atoms with Crippen LogP contribution in [0.4, 0.5) is 4.39 Å². The minimum absolute atomic E-state index is 0.242. The summed E-state index contributed by atoms with van der Waals surface area (Å²) in [6.07, 6.45) is 0.774. The van der Waals surface area contributed by atoms with E-state index in [0.29, 0.717) is 6.42 Å². The van der Waals surface area contributed by atoms with Gasteiger partial charge in [-0.15, -0.1) is 0 Å². The molecule has 0 bridgehead atoms. The van der Waals surface area contributed by atoms with Crippen LogP contribution in [0.5, 0.6) is 0 Å². The van der Waals surface area contributed by atoms with Crippen LogP contribution in [0.1, 0.15) is 19.8 Å².